The van der Waals surface area contributed by atoms with Crippen molar-refractivity contribution in [3.8, 4) is 0 Å². The van der Waals surface area contributed by atoms with E-state index in [9.17, 15) is 27.5 Å². The molecule has 3 N–H and O–H groups in total. The number of nitrogens with one attached hydrogen (secondary N) is 2. The molecule has 1 heterocycles. The number of aromatic nitrogens is 4. The van der Waals surface area contributed by atoms with Crippen molar-refractivity contribution in [3.63, 3.8) is 0 Å². The smallest absolute Gasteiger partial charge is 0.388 e. The number of carbonyl (C=O) groups is 1. The van der Waals surface area contributed by atoms with Gasteiger partial charge in [0.25, 0.3) is 0 Å². The first-order valence-electron chi connectivity index (χ1n) is 13.2. The van der Waals surface area contributed by atoms with Crippen LogP contribution in [0.4, 0.5) is 28.0 Å². The molecule has 1 saturated carbocycles. The molecule has 0 spiro atoms. The first-order valence-corrected chi connectivity index (χ1v) is 13.2. The number of halogens is 4. The minimum atomic E-state index is -4.75. The fraction of sp³-hybridized carbons (Fsp3) is 0.500. The van der Waals surface area contributed by atoms with Crippen molar-refractivity contribution in [1.29, 1.82) is 0 Å². The summed E-state index contributed by atoms with van der Waals surface area (Å²) in [7, 11) is 0. The van der Waals surface area contributed by atoms with Crippen molar-refractivity contribution >= 4 is 11.7 Å². The van der Waals surface area contributed by atoms with E-state index < -0.39 is 29.7 Å². The quantitative estimate of drug-likeness (QED) is 0.294. The fourth-order valence-corrected chi connectivity index (χ4v) is 5.24. The van der Waals surface area contributed by atoms with Crippen molar-refractivity contribution in [2.45, 2.75) is 77.7 Å². The van der Waals surface area contributed by atoms with Crippen LogP contribution in [0.15, 0.2) is 42.5 Å². The second-order valence-corrected chi connectivity index (χ2v) is 11.4. The average molecular weight is 563 g/mol. The van der Waals surface area contributed by atoms with Crippen LogP contribution in [0.2, 0.25) is 0 Å². The monoisotopic (exact) mass is 562 g/mol. The Morgan fingerprint density at radius 1 is 1.10 bits per heavy atom. The number of aliphatic hydroxyl groups is 1. The summed E-state index contributed by atoms with van der Waals surface area (Å²) in [6, 6.07) is 8.34. The topological polar surface area (TPSA) is 107 Å². The van der Waals surface area contributed by atoms with Crippen molar-refractivity contribution < 1.29 is 27.5 Å². The number of alkyl halides is 3. The van der Waals surface area contributed by atoms with Gasteiger partial charge in [0.05, 0.1) is 11.7 Å². The lowest BCUT2D eigenvalue weighted by atomic mass is 9.71. The molecule has 3 aromatic rings. The molecular formula is C28H34F4N6O2. The van der Waals surface area contributed by atoms with Crippen LogP contribution in [0, 0.1) is 17.2 Å². The number of H-pyrrole nitrogens is 1. The first kappa shape index (κ1) is 29.4. The van der Waals surface area contributed by atoms with E-state index in [2.05, 4.69) is 46.7 Å². The minimum absolute atomic E-state index is 0.131. The van der Waals surface area contributed by atoms with Gasteiger partial charge in [-0.2, -0.15) is 18.4 Å². The maximum Gasteiger partial charge on any atom is 0.416 e. The number of carbonyl (C=O) groups excluding carboxylic acids is 1. The normalized spacial score (nSPS) is 18.8. The average Bonchev–Trinajstić information content (AvgIpc) is 3.39. The molecule has 1 fully saturated rings. The Kier molecular flexibility index (Phi) is 8.77. The second kappa shape index (κ2) is 11.9. The zero-order valence-electron chi connectivity index (χ0n) is 22.7. The van der Waals surface area contributed by atoms with E-state index in [1.54, 1.807) is 29.2 Å². The van der Waals surface area contributed by atoms with Crippen LogP contribution in [0.25, 0.3) is 0 Å². The van der Waals surface area contributed by atoms with E-state index in [-0.39, 0.29) is 30.1 Å². The zero-order chi connectivity index (χ0) is 29.1. The van der Waals surface area contributed by atoms with Gasteiger partial charge in [0.1, 0.15) is 5.82 Å². The highest BCUT2D eigenvalue weighted by molar-refractivity contribution is 5.89. The Labute approximate surface area is 230 Å². The molecule has 1 aliphatic rings. The number of aliphatic hydroxyl groups excluding tert-OH is 1. The highest BCUT2D eigenvalue weighted by atomic mass is 19.4. The molecule has 0 radical (unpaired) electrons. The van der Waals surface area contributed by atoms with Gasteiger partial charge in [0, 0.05) is 24.7 Å². The van der Waals surface area contributed by atoms with Gasteiger partial charge < -0.3 is 15.3 Å². The zero-order valence-corrected chi connectivity index (χ0v) is 22.7. The number of amides is 2. The lowest BCUT2D eigenvalue weighted by molar-refractivity contribution is -0.137. The molecule has 0 aliphatic heterocycles. The Balaban J connectivity index is 1.52. The summed E-state index contributed by atoms with van der Waals surface area (Å²) >= 11 is 0. The highest BCUT2D eigenvalue weighted by Crippen LogP contribution is 2.39. The van der Waals surface area contributed by atoms with Gasteiger partial charge in [-0.25, -0.2) is 9.18 Å². The molecule has 2 aromatic carbocycles. The summed E-state index contributed by atoms with van der Waals surface area (Å²) in [6.07, 6.45) is -2.11. The van der Waals surface area contributed by atoms with Gasteiger partial charge in [0.2, 0.25) is 0 Å². The van der Waals surface area contributed by atoms with Crippen LogP contribution in [0.1, 0.15) is 75.1 Å². The molecule has 216 valence electrons. The molecule has 4 rings (SSSR count). The Bertz CT molecular complexity index is 1270. The summed E-state index contributed by atoms with van der Waals surface area (Å²) in [5.41, 5.74) is 0.111. The third-order valence-electron chi connectivity index (χ3n) is 7.58. The molecular weight excluding hydrogens is 528 g/mol. The lowest BCUT2D eigenvalue weighted by Crippen LogP contribution is -2.45. The molecule has 0 saturated heterocycles. The van der Waals surface area contributed by atoms with Gasteiger partial charge in [0.15, 0.2) is 5.82 Å². The fourth-order valence-electron chi connectivity index (χ4n) is 5.24. The summed E-state index contributed by atoms with van der Waals surface area (Å²) in [5.74, 6) is -0.222. The number of benzene rings is 2. The summed E-state index contributed by atoms with van der Waals surface area (Å²) in [4.78, 5) is 15.1. The van der Waals surface area contributed by atoms with Gasteiger partial charge >= 0.3 is 12.2 Å². The predicted molar refractivity (Wildman–Crippen MR) is 140 cm³/mol. The number of hydrogen-bond acceptors (Lipinski definition) is 5. The Hall–Kier alpha value is -3.54. The van der Waals surface area contributed by atoms with Crippen LogP contribution in [0.5, 0.6) is 0 Å². The molecule has 40 heavy (non-hydrogen) atoms. The van der Waals surface area contributed by atoms with Crippen LogP contribution in [0.3, 0.4) is 0 Å². The van der Waals surface area contributed by atoms with Gasteiger partial charge in [-0.1, -0.05) is 50.3 Å². The predicted octanol–water partition coefficient (Wildman–Crippen LogP) is 6.27. The molecule has 1 unspecified atom stereocenters. The molecule has 12 heteroatoms. The molecule has 1 aromatic heterocycles. The van der Waals surface area contributed by atoms with Crippen LogP contribution >= 0.6 is 0 Å². The van der Waals surface area contributed by atoms with E-state index in [1.807, 2.05) is 0 Å². The van der Waals surface area contributed by atoms with Crippen LogP contribution in [-0.2, 0) is 19.1 Å². The van der Waals surface area contributed by atoms with Gasteiger partial charge in [-0.05, 0) is 66.3 Å². The summed E-state index contributed by atoms with van der Waals surface area (Å²) < 4.78 is 53.7. The van der Waals surface area contributed by atoms with Crippen molar-refractivity contribution in [3.05, 3.63) is 70.8 Å². The molecule has 1 atom stereocenters. The number of aromatic amines is 1. The minimum Gasteiger partial charge on any atom is -0.388 e. The maximum absolute atomic E-state index is 14.0. The molecule has 8 nitrogen and oxygen atoms in total. The number of nitrogens with zero attached hydrogens (tertiary/aromatic N) is 4. The summed E-state index contributed by atoms with van der Waals surface area (Å²) in [6.45, 7) is 6.78. The van der Waals surface area contributed by atoms with Crippen LogP contribution in [-0.4, -0.2) is 42.7 Å². The molecule has 2 amide bonds. The lowest BCUT2D eigenvalue weighted by Gasteiger charge is -2.41. The SMILES string of the molecule is CC(C)(C)C1CCC(N(Cc2ccc(C(O)Cc3nn[nH]n3)cc2)C(=O)Nc2cc(F)cc(C(F)(F)F)c2)CC1. The third-order valence-corrected chi connectivity index (χ3v) is 7.58. The van der Waals surface area contributed by atoms with E-state index in [0.29, 0.717) is 23.4 Å². The standard InChI is InChI=1S/C28H34F4N6O2/c1-27(2,3)19-8-10-23(11-9-19)38(26(40)33-22-13-20(28(30,31)32)12-21(29)14-22)16-17-4-6-18(7-5-17)24(39)15-25-34-36-37-35-25/h4-7,12-14,19,23-24,39H,8-11,15-16H2,1-3H3,(H,33,40)(H,34,35,36,37). The van der Waals surface area contributed by atoms with Crippen LogP contribution < -0.4 is 5.32 Å². The van der Waals surface area contributed by atoms with Crippen molar-refractivity contribution in [2.24, 2.45) is 11.3 Å². The molecule has 1 aliphatic carbocycles. The van der Waals surface area contributed by atoms with Crippen molar-refractivity contribution in [1.82, 2.24) is 25.5 Å². The Morgan fingerprint density at radius 3 is 2.35 bits per heavy atom. The number of rotatable bonds is 7. The van der Waals surface area contributed by atoms with E-state index >= 15 is 0 Å². The highest BCUT2D eigenvalue weighted by Gasteiger charge is 2.35. The second-order valence-electron chi connectivity index (χ2n) is 11.4. The van der Waals surface area contributed by atoms with E-state index in [4.69, 9.17) is 0 Å². The van der Waals surface area contributed by atoms with Gasteiger partial charge in [-0.15, -0.1) is 10.2 Å². The van der Waals surface area contributed by atoms with E-state index in [0.717, 1.165) is 43.4 Å². The number of anilines is 1. The van der Waals surface area contributed by atoms with Gasteiger partial charge in [-0.3, -0.25) is 0 Å². The summed E-state index contributed by atoms with van der Waals surface area (Å²) in [5, 5.41) is 26.5. The van der Waals surface area contributed by atoms with E-state index in [1.165, 1.54) is 0 Å². The van der Waals surface area contributed by atoms with Crippen molar-refractivity contribution in [2.75, 3.05) is 5.32 Å². The number of tetrazole rings is 1. The number of hydrogen-bond donors (Lipinski definition) is 3. The maximum atomic E-state index is 14.0. The third kappa shape index (κ3) is 7.56. The number of urea groups is 1. The Morgan fingerprint density at radius 2 is 1.77 bits per heavy atom. The molecule has 0 bridgehead atoms. The first-order chi connectivity index (χ1) is 18.8. The largest absolute Gasteiger partial charge is 0.416 e.